The van der Waals surface area contributed by atoms with Crippen molar-refractivity contribution >= 4 is 0 Å². The molecule has 0 aromatic carbocycles. The SMILES string of the molecule is OCC1CCCO1.OCCCCCO.[CH3-].[HH].[Ir].[Ru+]. The minimum Gasteiger partial charge on any atom is -0.396 e. The molecule has 0 bridgehead atoms. The van der Waals surface area contributed by atoms with Crippen LogP contribution in [0.4, 0.5) is 0 Å². The molecule has 17 heavy (non-hydrogen) atoms. The summed E-state index contributed by atoms with van der Waals surface area (Å²) in [6, 6.07) is 0. The molecule has 0 aromatic heterocycles. The van der Waals surface area contributed by atoms with Gasteiger partial charge in [-0.3, -0.25) is 0 Å². The van der Waals surface area contributed by atoms with E-state index in [0.29, 0.717) is 0 Å². The van der Waals surface area contributed by atoms with Gasteiger partial charge in [-0.05, 0) is 32.1 Å². The van der Waals surface area contributed by atoms with Crippen LogP contribution in [0.25, 0.3) is 0 Å². The summed E-state index contributed by atoms with van der Waals surface area (Å²) in [5.41, 5.74) is 0. The fourth-order valence-electron chi connectivity index (χ4n) is 1.19. The molecule has 1 atom stereocenters. The molecule has 0 aliphatic carbocycles. The normalized spacial score (nSPS) is 16.8. The third kappa shape index (κ3) is 19.6. The predicted molar refractivity (Wildman–Crippen MR) is 62.6 cm³/mol. The summed E-state index contributed by atoms with van der Waals surface area (Å²) in [6.45, 7) is 1.53. The zero-order chi connectivity index (χ0) is 10.6. The van der Waals surface area contributed by atoms with E-state index in [9.17, 15) is 0 Å². The Bertz CT molecular complexity index is 115. The molecular formula is C11H27IrO4Ru. The fraction of sp³-hybridized carbons (Fsp3) is 0.909. The van der Waals surface area contributed by atoms with Gasteiger partial charge in [0.05, 0.1) is 12.7 Å². The van der Waals surface area contributed by atoms with E-state index in [4.69, 9.17) is 20.1 Å². The number of aliphatic hydroxyl groups is 3. The summed E-state index contributed by atoms with van der Waals surface area (Å²) >= 11 is 0. The van der Waals surface area contributed by atoms with Gasteiger partial charge in [0.2, 0.25) is 0 Å². The van der Waals surface area contributed by atoms with Crippen molar-refractivity contribution in [1.29, 1.82) is 0 Å². The maximum absolute atomic E-state index is 8.44. The Kier molecular flexibility index (Phi) is 34.9. The quantitative estimate of drug-likeness (QED) is 0.290. The second-order valence-corrected chi connectivity index (χ2v) is 3.33. The van der Waals surface area contributed by atoms with Crippen LogP contribution >= 0.6 is 0 Å². The van der Waals surface area contributed by atoms with Crippen molar-refractivity contribution in [1.82, 2.24) is 0 Å². The largest absolute Gasteiger partial charge is 1.00 e. The Balaban J connectivity index is -0.0000000512. The predicted octanol–water partition coefficient (Wildman–Crippen LogP) is 0.990. The van der Waals surface area contributed by atoms with Gasteiger partial charge in [-0.25, -0.2) is 0 Å². The summed E-state index contributed by atoms with van der Waals surface area (Å²) in [6.07, 6.45) is 4.88. The molecule has 1 heterocycles. The van der Waals surface area contributed by atoms with E-state index in [1.54, 1.807) is 0 Å². The van der Waals surface area contributed by atoms with E-state index in [0.717, 1.165) is 38.7 Å². The second-order valence-electron chi connectivity index (χ2n) is 3.33. The van der Waals surface area contributed by atoms with Crippen LogP contribution < -0.4 is 0 Å². The molecule has 3 N–H and O–H groups in total. The van der Waals surface area contributed by atoms with E-state index in [-0.39, 0.29) is 74.4 Å². The standard InChI is InChI=1S/C5H10O2.C5H12O2.CH3.Ir.Ru.H2/c6-4-5-2-1-3-7-5;6-4-2-1-3-5-7;;;;/h5-6H,1-4H2;6-7H,1-5H2;1H3;;;1H/q;;-1;;+1;. The summed E-state index contributed by atoms with van der Waals surface area (Å²) in [5.74, 6) is 0. The number of unbranched alkanes of at least 4 members (excludes halogenated alkanes) is 2. The van der Waals surface area contributed by atoms with Crippen LogP contribution in [0.5, 0.6) is 0 Å². The third-order valence-electron chi connectivity index (χ3n) is 2.04. The molecule has 6 heteroatoms. The van der Waals surface area contributed by atoms with Gasteiger partial charge in [0, 0.05) is 41.4 Å². The molecule has 0 amide bonds. The minimum atomic E-state index is 0. The molecule has 0 aromatic rings. The van der Waals surface area contributed by atoms with Gasteiger partial charge in [-0.1, -0.05) is 0 Å². The first-order valence-corrected chi connectivity index (χ1v) is 5.29. The topological polar surface area (TPSA) is 69.9 Å². The average molecular weight is 517 g/mol. The summed E-state index contributed by atoms with van der Waals surface area (Å²) in [5, 5.41) is 24.9. The van der Waals surface area contributed by atoms with Gasteiger partial charge < -0.3 is 27.5 Å². The Morgan fingerprint density at radius 1 is 1.06 bits per heavy atom. The van der Waals surface area contributed by atoms with Gasteiger partial charge in [0.15, 0.2) is 0 Å². The number of aliphatic hydroxyl groups excluding tert-OH is 3. The van der Waals surface area contributed by atoms with E-state index < -0.39 is 0 Å². The summed E-state index contributed by atoms with van der Waals surface area (Å²) < 4.78 is 5.05. The van der Waals surface area contributed by atoms with E-state index in [1.165, 1.54) is 0 Å². The molecule has 1 rings (SSSR count). The van der Waals surface area contributed by atoms with Gasteiger partial charge in [-0.2, -0.15) is 0 Å². The van der Waals surface area contributed by atoms with Crippen LogP contribution in [-0.2, 0) is 44.3 Å². The molecule has 0 saturated carbocycles. The molecule has 1 aliphatic rings. The van der Waals surface area contributed by atoms with Gasteiger partial charge in [0.25, 0.3) is 0 Å². The Morgan fingerprint density at radius 2 is 1.59 bits per heavy atom. The molecular weight excluding hydrogens is 489 g/mol. The van der Waals surface area contributed by atoms with Gasteiger partial charge >= 0.3 is 19.5 Å². The Morgan fingerprint density at radius 3 is 1.82 bits per heavy atom. The minimum absolute atomic E-state index is 0. The first-order valence-electron chi connectivity index (χ1n) is 5.29. The number of hydrogen-bond donors (Lipinski definition) is 3. The molecule has 1 saturated heterocycles. The van der Waals surface area contributed by atoms with Crippen molar-refractivity contribution in [3.8, 4) is 0 Å². The fourth-order valence-corrected chi connectivity index (χ4v) is 1.19. The van der Waals surface area contributed by atoms with E-state index in [2.05, 4.69) is 0 Å². The second kappa shape index (κ2) is 22.3. The number of ether oxygens (including phenoxy) is 1. The molecule has 0 spiro atoms. The molecule has 1 unspecified atom stereocenters. The number of rotatable bonds is 5. The summed E-state index contributed by atoms with van der Waals surface area (Å²) in [4.78, 5) is 0. The van der Waals surface area contributed by atoms with Crippen molar-refractivity contribution in [3.05, 3.63) is 7.43 Å². The monoisotopic (exact) mass is 518 g/mol. The van der Waals surface area contributed by atoms with E-state index >= 15 is 0 Å². The van der Waals surface area contributed by atoms with Crippen molar-refractivity contribution < 1.29 is 61.1 Å². The first kappa shape index (κ1) is 26.6. The summed E-state index contributed by atoms with van der Waals surface area (Å²) in [7, 11) is 0. The average Bonchev–Trinajstić information content (AvgIpc) is 2.72. The van der Waals surface area contributed by atoms with Crippen LogP contribution in [0.15, 0.2) is 0 Å². The third-order valence-corrected chi connectivity index (χ3v) is 2.04. The van der Waals surface area contributed by atoms with Crippen LogP contribution in [-0.4, -0.2) is 47.9 Å². The van der Waals surface area contributed by atoms with Crippen molar-refractivity contribution in [2.75, 3.05) is 26.4 Å². The zero-order valence-corrected chi connectivity index (χ0v) is 14.5. The first-order chi connectivity index (χ1) is 6.85. The zero-order valence-electron chi connectivity index (χ0n) is 10.4. The Labute approximate surface area is 133 Å². The Hall–Kier alpha value is 1.11. The van der Waals surface area contributed by atoms with Crippen LogP contribution in [0.1, 0.15) is 33.5 Å². The van der Waals surface area contributed by atoms with Crippen LogP contribution in [0.2, 0.25) is 0 Å². The van der Waals surface area contributed by atoms with Crippen LogP contribution in [0.3, 0.4) is 0 Å². The van der Waals surface area contributed by atoms with Crippen molar-refractivity contribution in [3.63, 3.8) is 0 Å². The number of hydrogen-bond acceptors (Lipinski definition) is 4. The van der Waals surface area contributed by atoms with Gasteiger partial charge in [-0.15, -0.1) is 0 Å². The molecule has 1 aliphatic heterocycles. The van der Waals surface area contributed by atoms with Crippen LogP contribution in [0, 0.1) is 7.43 Å². The van der Waals surface area contributed by atoms with E-state index in [1.807, 2.05) is 0 Å². The molecule has 2 radical (unpaired) electrons. The molecule has 112 valence electrons. The van der Waals surface area contributed by atoms with Gasteiger partial charge in [0.1, 0.15) is 0 Å². The molecule has 1 fully saturated rings. The maximum Gasteiger partial charge on any atom is 1.00 e. The van der Waals surface area contributed by atoms with Crippen molar-refractivity contribution in [2.24, 2.45) is 0 Å². The smallest absolute Gasteiger partial charge is 0.396 e. The van der Waals surface area contributed by atoms with Crippen molar-refractivity contribution in [2.45, 2.75) is 38.2 Å². The maximum atomic E-state index is 8.44. The molecule has 4 nitrogen and oxygen atoms in total.